The minimum Gasteiger partial charge on any atom is -0.308 e. The third-order valence-electron chi connectivity index (χ3n) is 2.83. The summed E-state index contributed by atoms with van der Waals surface area (Å²) in [6.07, 6.45) is 1.68. The Labute approximate surface area is 107 Å². The monoisotopic (exact) mass is 246 g/mol. The van der Waals surface area contributed by atoms with E-state index in [1.54, 1.807) is 6.20 Å². The molecule has 1 atom stereocenters. The molecule has 0 aliphatic rings. The number of aromatic nitrogens is 1. The van der Waals surface area contributed by atoms with E-state index in [2.05, 4.69) is 29.4 Å². The number of rotatable bonds is 3. The first-order valence-corrected chi connectivity index (χ1v) is 5.94. The molecule has 0 saturated heterocycles. The lowest BCUT2D eigenvalue weighted by atomic mass is 9.98. The second kappa shape index (κ2) is 5.30. The summed E-state index contributed by atoms with van der Waals surface area (Å²) in [6.45, 7) is 2.11. The fraction of sp³-hybridized carbons (Fsp3) is 0.214. The molecule has 0 spiro atoms. The van der Waals surface area contributed by atoms with Gasteiger partial charge in [0.15, 0.2) is 0 Å². The number of nitrogens with zero attached hydrogens (tertiary/aromatic N) is 1. The fourth-order valence-electron chi connectivity index (χ4n) is 1.93. The van der Waals surface area contributed by atoms with E-state index in [0.29, 0.717) is 5.02 Å². The Morgan fingerprint density at radius 2 is 1.94 bits per heavy atom. The van der Waals surface area contributed by atoms with Gasteiger partial charge in [0.05, 0.1) is 16.8 Å². The molecule has 1 N–H and O–H groups in total. The molecule has 0 aliphatic carbocycles. The van der Waals surface area contributed by atoms with Gasteiger partial charge in [0.2, 0.25) is 0 Å². The van der Waals surface area contributed by atoms with E-state index in [1.165, 1.54) is 11.1 Å². The van der Waals surface area contributed by atoms with Crippen LogP contribution in [-0.4, -0.2) is 12.0 Å². The number of hydrogen-bond donors (Lipinski definition) is 1. The van der Waals surface area contributed by atoms with Crippen LogP contribution in [0.1, 0.15) is 22.9 Å². The molecule has 88 valence electrons. The largest absolute Gasteiger partial charge is 0.308 e. The number of halogens is 1. The van der Waals surface area contributed by atoms with Gasteiger partial charge in [0.25, 0.3) is 0 Å². The van der Waals surface area contributed by atoms with Crippen LogP contribution in [0.2, 0.25) is 5.02 Å². The Balaban J connectivity index is 2.40. The highest BCUT2D eigenvalue weighted by atomic mass is 35.5. The summed E-state index contributed by atoms with van der Waals surface area (Å²) in [5, 5.41) is 3.95. The third kappa shape index (κ3) is 2.65. The molecule has 0 saturated carbocycles. The van der Waals surface area contributed by atoms with Crippen LogP contribution in [0.4, 0.5) is 0 Å². The zero-order valence-electron chi connectivity index (χ0n) is 9.94. The van der Waals surface area contributed by atoms with Crippen LogP contribution < -0.4 is 5.32 Å². The highest BCUT2D eigenvalue weighted by Crippen LogP contribution is 2.23. The van der Waals surface area contributed by atoms with E-state index < -0.39 is 0 Å². The quantitative estimate of drug-likeness (QED) is 0.899. The van der Waals surface area contributed by atoms with Gasteiger partial charge >= 0.3 is 0 Å². The van der Waals surface area contributed by atoms with Gasteiger partial charge in [-0.25, -0.2) is 0 Å². The maximum Gasteiger partial charge on any atom is 0.0751 e. The summed E-state index contributed by atoms with van der Waals surface area (Å²) < 4.78 is 0. The van der Waals surface area contributed by atoms with Crippen molar-refractivity contribution >= 4 is 11.6 Å². The van der Waals surface area contributed by atoms with E-state index in [0.717, 1.165) is 5.69 Å². The van der Waals surface area contributed by atoms with Crippen molar-refractivity contribution in [1.29, 1.82) is 0 Å². The molecule has 2 aromatic rings. The van der Waals surface area contributed by atoms with Gasteiger partial charge in [-0.1, -0.05) is 35.9 Å². The van der Waals surface area contributed by atoms with E-state index in [-0.39, 0.29) is 6.04 Å². The average Bonchev–Trinajstić information content (AvgIpc) is 2.35. The van der Waals surface area contributed by atoms with Gasteiger partial charge in [-0.15, -0.1) is 0 Å². The average molecular weight is 247 g/mol. The Morgan fingerprint density at radius 3 is 2.53 bits per heavy atom. The van der Waals surface area contributed by atoms with Gasteiger partial charge in [-0.2, -0.15) is 0 Å². The SMILES string of the molecule is CNC(c1ccc(Cl)cn1)c1ccccc1C. The van der Waals surface area contributed by atoms with Crippen molar-refractivity contribution in [2.75, 3.05) is 7.05 Å². The first kappa shape index (κ1) is 12.1. The van der Waals surface area contributed by atoms with Gasteiger partial charge < -0.3 is 5.32 Å². The molecule has 0 fully saturated rings. The molecule has 1 heterocycles. The minimum atomic E-state index is 0.105. The van der Waals surface area contributed by atoms with Crippen molar-refractivity contribution < 1.29 is 0 Å². The third-order valence-corrected chi connectivity index (χ3v) is 3.06. The maximum absolute atomic E-state index is 5.85. The molecule has 3 heteroatoms. The summed E-state index contributed by atoms with van der Waals surface area (Å²) in [4.78, 5) is 4.37. The first-order chi connectivity index (χ1) is 8.22. The molecule has 17 heavy (non-hydrogen) atoms. The van der Waals surface area contributed by atoms with Gasteiger partial charge in [-0.05, 0) is 37.2 Å². The molecule has 1 aromatic carbocycles. The lowest BCUT2D eigenvalue weighted by Gasteiger charge is -2.18. The number of pyridine rings is 1. The molecule has 2 nitrogen and oxygen atoms in total. The van der Waals surface area contributed by atoms with Crippen molar-refractivity contribution in [3.63, 3.8) is 0 Å². The zero-order valence-corrected chi connectivity index (χ0v) is 10.7. The van der Waals surface area contributed by atoms with Crippen molar-refractivity contribution in [3.05, 3.63) is 64.4 Å². The summed E-state index contributed by atoms with van der Waals surface area (Å²) >= 11 is 5.85. The molecule has 0 bridgehead atoms. The molecule has 0 aliphatic heterocycles. The van der Waals surface area contributed by atoms with Crippen LogP contribution in [0.5, 0.6) is 0 Å². The van der Waals surface area contributed by atoms with E-state index in [4.69, 9.17) is 11.6 Å². The minimum absolute atomic E-state index is 0.105. The summed E-state index contributed by atoms with van der Waals surface area (Å²) in [6, 6.07) is 12.2. The Morgan fingerprint density at radius 1 is 1.18 bits per heavy atom. The van der Waals surface area contributed by atoms with Gasteiger partial charge in [0, 0.05) is 6.20 Å². The smallest absolute Gasteiger partial charge is 0.0751 e. The van der Waals surface area contributed by atoms with Gasteiger partial charge in [0.1, 0.15) is 0 Å². The zero-order chi connectivity index (χ0) is 12.3. The second-order valence-corrected chi connectivity index (χ2v) is 4.42. The Bertz CT molecular complexity index is 494. The molecular formula is C14H15ClN2. The lowest BCUT2D eigenvalue weighted by molar-refractivity contribution is 0.667. The van der Waals surface area contributed by atoms with Crippen LogP contribution in [0, 0.1) is 6.92 Å². The van der Waals surface area contributed by atoms with Crippen molar-refractivity contribution in [2.45, 2.75) is 13.0 Å². The molecule has 0 radical (unpaired) electrons. The van der Waals surface area contributed by atoms with E-state index in [9.17, 15) is 0 Å². The van der Waals surface area contributed by atoms with Crippen LogP contribution in [0.3, 0.4) is 0 Å². The number of aryl methyl sites for hydroxylation is 1. The summed E-state index contributed by atoms with van der Waals surface area (Å²) in [7, 11) is 1.94. The summed E-state index contributed by atoms with van der Waals surface area (Å²) in [5.74, 6) is 0. The molecule has 1 aromatic heterocycles. The Kier molecular flexibility index (Phi) is 3.77. The lowest BCUT2D eigenvalue weighted by Crippen LogP contribution is -2.19. The highest BCUT2D eigenvalue weighted by Gasteiger charge is 2.14. The second-order valence-electron chi connectivity index (χ2n) is 3.98. The van der Waals surface area contributed by atoms with Crippen LogP contribution in [-0.2, 0) is 0 Å². The fourth-order valence-corrected chi connectivity index (χ4v) is 2.04. The number of hydrogen-bond acceptors (Lipinski definition) is 2. The maximum atomic E-state index is 5.85. The normalized spacial score (nSPS) is 12.4. The first-order valence-electron chi connectivity index (χ1n) is 5.56. The van der Waals surface area contributed by atoms with Crippen molar-refractivity contribution in [2.24, 2.45) is 0 Å². The van der Waals surface area contributed by atoms with Crippen molar-refractivity contribution in [1.82, 2.24) is 10.3 Å². The molecule has 1 unspecified atom stereocenters. The summed E-state index contributed by atoms with van der Waals surface area (Å²) in [5.41, 5.74) is 3.47. The van der Waals surface area contributed by atoms with Crippen LogP contribution >= 0.6 is 11.6 Å². The predicted molar refractivity (Wildman–Crippen MR) is 71.3 cm³/mol. The Hall–Kier alpha value is -1.38. The van der Waals surface area contributed by atoms with E-state index in [1.807, 2.05) is 31.3 Å². The predicted octanol–water partition coefficient (Wildman–Crippen LogP) is 3.35. The molecule has 2 rings (SSSR count). The van der Waals surface area contributed by atoms with Crippen LogP contribution in [0.15, 0.2) is 42.6 Å². The standard InChI is InChI=1S/C14H15ClN2/c1-10-5-3-4-6-12(10)14(16-2)13-8-7-11(15)9-17-13/h3-9,14,16H,1-2H3. The van der Waals surface area contributed by atoms with Crippen LogP contribution in [0.25, 0.3) is 0 Å². The van der Waals surface area contributed by atoms with Crippen molar-refractivity contribution in [3.8, 4) is 0 Å². The van der Waals surface area contributed by atoms with Gasteiger partial charge in [-0.3, -0.25) is 4.98 Å². The molecular weight excluding hydrogens is 232 g/mol. The van der Waals surface area contributed by atoms with E-state index >= 15 is 0 Å². The highest BCUT2D eigenvalue weighted by molar-refractivity contribution is 6.30. The number of benzene rings is 1. The number of nitrogens with one attached hydrogen (secondary N) is 1. The molecule has 0 amide bonds. The topological polar surface area (TPSA) is 24.9 Å².